The van der Waals surface area contributed by atoms with Crippen molar-refractivity contribution in [3.63, 3.8) is 0 Å². The molecule has 94 valence electrons. The molecule has 1 aromatic rings. The summed E-state index contributed by atoms with van der Waals surface area (Å²) in [5, 5.41) is 0. The third-order valence-corrected chi connectivity index (χ3v) is 3.01. The lowest BCUT2D eigenvalue weighted by Gasteiger charge is -2.22. The highest BCUT2D eigenvalue weighted by molar-refractivity contribution is 7.80. The molecule has 1 unspecified atom stereocenters. The molecule has 0 saturated heterocycles. The average molecular weight is 254 g/mol. The summed E-state index contributed by atoms with van der Waals surface area (Å²) in [6.07, 6.45) is 4.18. The van der Waals surface area contributed by atoms with Gasteiger partial charge in [0.25, 0.3) is 0 Å². The van der Waals surface area contributed by atoms with Crippen LogP contribution < -0.4 is 5.73 Å². The van der Waals surface area contributed by atoms with Gasteiger partial charge < -0.3 is 15.2 Å². The van der Waals surface area contributed by atoms with Gasteiger partial charge in [0.05, 0.1) is 17.5 Å². The first-order valence-corrected chi connectivity index (χ1v) is 5.88. The van der Waals surface area contributed by atoms with Gasteiger partial charge in [-0.1, -0.05) is 19.1 Å². The molecule has 6 heteroatoms. The minimum absolute atomic E-state index is 0.0528. The lowest BCUT2D eigenvalue weighted by atomic mass is 10.1. The van der Waals surface area contributed by atoms with E-state index in [1.165, 1.54) is 0 Å². The summed E-state index contributed by atoms with van der Waals surface area (Å²) in [4.78, 5) is 18.1. The van der Waals surface area contributed by atoms with E-state index in [0.717, 1.165) is 5.82 Å². The van der Waals surface area contributed by atoms with E-state index in [9.17, 15) is 4.79 Å². The molecular formula is C11H18N4OS. The molecule has 1 atom stereocenters. The molecule has 0 aliphatic heterocycles. The van der Waals surface area contributed by atoms with E-state index in [4.69, 9.17) is 18.0 Å². The Labute approximate surface area is 107 Å². The Hall–Kier alpha value is -1.43. The molecule has 0 radical (unpaired) electrons. The zero-order valence-corrected chi connectivity index (χ0v) is 11.2. The van der Waals surface area contributed by atoms with Crippen LogP contribution in [0.2, 0.25) is 0 Å². The van der Waals surface area contributed by atoms with Crippen LogP contribution in [0.25, 0.3) is 0 Å². The van der Waals surface area contributed by atoms with Crippen LogP contribution in [0.5, 0.6) is 0 Å². The second-order valence-electron chi connectivity index (χ2n) is 4.01. The lowest BCUT2D eigenvalue weighted by molar-refractivity contribution is -0.132. The Balaban J connectivity index is 2.70. The fourth-order valence-electron chi connectivity index (χ4n) is 1.60. The van der Waals surface area contributed by atoms with Crippen molar-refractivity contribution in [3.8, 4) is 0 Å². The molecule has 0 aromatic carbocycles. The number of carbonyl (C=O) groups excluding carboxylic acids is 1. The van der Waals surface area contributed by atoms with Gasteiger partial charge in [0, 0.05) is 26.5 Å². The van der Waals surface area contributed by atoms with Crippen molar-refractivity contribution < 1.29 is 4.79 Å². The summed E-state index contributed by atoms with van der Waals surface area (Å²) in [5.41, 5.74) is 5.55. The first-order valence-electron chi connectivity index (χ1n) is 5.47. The number of hydrogen-bond acceptors (Lipinski definition) is 3. The van der Waals surface area contributed by atoms with Gasteiger partial charge in [-0.2, -0.15) is 0 Å². The Bertz CT molecular complexity index is 415. The monoisotopic (exact) mass is 254 g/mol. The number of aromatic nitrogens is 2. The number of thiocarbonyl (C=S) groups is 1. The predicted octanol–water partition coefficient (Wildman–Crippen LogP) is 0.691. The van der Waals surface area contributed by atoms with Crippen molar-refractivity contribution in [3.05, 3.63) is 18.2 Å². The lowest BCUT2D eigenvalue weighted by Crippen LogP contribution is -2.38. The third kappa shape index (κ3) is 3.26. The molecule has 0 saturated carbocycles. The second-order valence-corrected chi connectivity index (χ2v) is 4.48. The van der Waals surface area contributed by atoms with Crippen LogP contribution in [0.15, 0.2) is 12.4 Å². The molecule has 2 N–H and O–H groups in total. The van der Waals surface area contributed by atoms with Crippen LogP contribution in [-0.2, 0) is 18.4 Å². The van der Waals surface area contributed by atoms with Gasteiger partial charge in [-0.15, -0.1) is 0 Å². The molecular weight excluding hydrogens is 236 g/mol. The quantitative estimate of drug-likeness (QED) is 0.785. The molecule has 0 fully saturated rings. The first kappa shape index (κ1) is 13.6. The predicted molar refractivity (Wildman–Crippen MR) is 70.2 cm³/mol. The van der Waals surface area contributed by atoms with Crippen molar-refractivity contribution in [2.75, 3.05) is 7.05 Å². The summed E-state index contributed by atoms with van der Waals surface area (Å²) in [7, 11) is 3.63. The van der Waals surface area contributed by atoms with Gasteiger partial charge in [-0.3, -0.25) is 4.79 Å². The zero-order valence-electron chi connectivity index (χ0n) is 10.4. The number of aryl methyl sites for hydroxylation is 1. The fourth-order valence-corrected chi connectivity index (χ4v) is 1.87. The van der Waals surface area contributed by atoms with E-state index < -0.39 is 0 Å². The summed E-state index contributed by atoms with van der Waals surface area (Å²) in [6.45, 7) is 2.36. The SMILES string of the molecule is CCC(C(=O)N(C)Cc1nccn1C)C(N)=S. The molecule has 1 rings (SSSR count). The average Bonchev–Trinajstić information content (AvgIpc) is 2.64. The van der Waals surface area contributed by atoms with Crippen LogP contribution >= 0.6 is 12.2 Å². The van der Waals surface area contributed by atoms with Crippen molar-refractivity contribution >= 4 is 23.1 Å². The van der Waals surface area contributed by atoms with Crippen molar-refractivity contribution in [2.45, 2.75) is 19.9 Å². The Morgan fingerprint density at radius 2 is 2.35 bits per heavy atom. The number of rotatable bonds is 5. The second kappa shape index (κ2) is 5.77. The van der Waals surface area contributed by atoms with E-state index >= 15 is 0 Å². The maximum absolute atomic E-state index is 12.1. The Morgan fingerprint density at radius 1 is 1.71 bits per heavy atom. The van der Waals surface area contributed by atoms with E-state index in [2.05, 4.69) is 4.98 Å². The highest BCUT2D eigenvalue weighted by Crippen LogP contribution is 2.09. The van der Waals surface area contributed by atoms with Gasteiger partial charge in [-0.25, -0.2) is 4.98 Å². The molecule has 0 spiro atoms. The minimum atomic E-state index is -0.379. The fraction of sp³-hybridized carbons (Fsp3) is 0.545. The molecule has 0 aliphatic rings. The van der Waals surface area contributed by atoms with Crippen LogP contribution in [0, 0.1) is 5.92 Å². The van der Waals surface area contributed by atoms with Crippen molar-refractivity contribution in [2.24, 2.45) is 18.7 Å². The van der Waals surface area contributed by atoms with Crippen LogP contribution in [-0.4, -0.2) is 32.4 Å². The van der Waals surface area contributed by atoms with Gasteiger partial charge >= 0.3 is 0 Å². The van der Waals surface area contributed by atoms with Gasteiger partial charge in [0.15, 0.2) is 0 Å². The van der Waals surface area contributed by atoms with Gasteiger partial charge in [0.1, 0.15) is 5.82 Å². The standard InChI is InChI=1S/C11H18N4OS/c1-4-8(10(12)17)11(16)15(3)7-9-13-5-6-14(9)2/h5-6,8H,4,7H2,1-3H3,(H2,12,17). The van der Waals surface area contributed by atoms with Crippen molar-refractivity contribution in [1.29, 1.82) is 0 Å². The van der Waals surface area contributed by atoms with Crippen LogP contribution in [0.4, 0.5) is 0 Å². The Morgan fingerprint density at radius 3 is 2.76 bits per heavy atom. The number of carbonyl (C=O) groups is 1. The summed E-state index contributed by atoms with van der Waals surface area (Å²) in [6, 6.07) is 0. The minimum Gasteiger partial charge on any atom is -0.393 e. The number of nitrogens with zero attached hydrogens (tertiary/aromatic N) is 3. The van der Waals surface area contributed by atoms with E-state index in [1.807, 2.05) is 24.7 Å². The summed E-state index contributed by atoms with van der Waals surface area (Å²) >= 11 is 4.89. The number of amides is 1. The molecule has 1 aromatic heterocycles. The maximum Gasteiger partial charge on any atom is 0.232 e. The highest BCUT2D eigenvalue weighted by Gasteiger charge is 2.23. The zero-order chi connectivity index (χ0) is 13.0. The normalized spacial score (nSPS) is 12.2. The summed E-state index contributed by atoms with van der Waals surface area (Å²) in [5.74, 6) is 0.400. The smallest absolute Gasteiger partial charge is 0.232 e. The molecule has 0 aliphatic carbocycles. The largest absolute Gasteiger partial charge is 0.393 e. The van der Waals surface area contributed by atoms with E-state index in [-0.39, 0.29) is 16.8 Å². The highest BCUT2D eigenvalue weighted by atomic mass is 32.1. The Kier molecular flexibility index (Phi) is 4.62. The van der Waals surface area contributed by atoms with E-state index in [0.29, 0.717) is 13.0 Å². The molecule has 5 nitrogen and oxygen atoms in total. The number of imidazole rings is 1. The third-order valence-electron chi connectivity index (χ3n) is 2.73. The molecule has 0 bridgehead atoms. The number of hydrogen-bond donors (Lipinski definition) is 1. The van der Waals surface area contributed by atoms with Gasteiger partial charge in [0.2, 0.25) is 5.91 Å². The molecule has 1 amide bonds. The van der Waals surface area contributed by atoms with E-state index in [1.54, 1.807) is 18.1 Å². The van der Waals surface area contributed by atoms with Crippen LogP contribution in [0.1, 0.15) is 19.2 Å². The van der Waals surface area contributed by atoms with Crippen molar-refractivity contribution in [1.82, 2.24) is 14.5 Å². The molecule has 1 heterocycles. The van der Waals surface area contributed by atoms with Crippen LogP contribution in [0.3, 0.4) is 0 Å². The number of nitrogens with two attached hydrogens (primary N) is 1. The first-order chi connectivity index (χ1) is 7.97. The van der Waals surface area contributed by atoms with Gasteiger partial charge in [-0.05, 0) is 6.42 Å². The molecule has 17 heavy (non-hydrogen) atoms. The maximum atomic E-state index is 12.1. The summed E-state index contributed by atoms with van der Waals surface area (Å²) < 4.78 is 1.88. The topological polar surface area (TPSA) is 64.2 Å².